The van der Waals surface area contributed by atoms with Gasteiger partial charge in [0, 0.05) is 4.88 Å². The summed E-state index contributed by atoms with van der Waals surface area (Å²) in [6, 6.07) is 7.72. The van der Waals surface area contributed by atoms with E-state index in [1.165, 1.54) is 11.3 Å². The summed E-state index contributed by atoms with van der Waals surface area (Å²) in [4.78, 5) is 25.6. The predicted octanol–water partition coefficient (Wildman–Crippen LogP) is 5.11. The van der Waals surface area contributed by atoms with Gasteiger partial charge in [0.05, 0.1) is 12.2 Å². The molecule has 28 heavy (non-hydrogen) atoms. The summed E-state index contributed by atoms with van der Waals surface area (Å²) in [5, 5.41) is 3.30. The van der Waals surface area contributed by atoms with Gasteiger partial charge in [0.25, 0.3) is 5.91 Å². The van der Waals surface area contributed by atoms with Crippen molar-refractivity contribution in [3.05, 3.63) is 45.8 Å². The van der Waals surface area contributed by atoms with Crippen LogP contribution in [-0.4, -0.2) is 25.1 Å². The van der Waals surface area contributed by atoms with Crippen molar-refractivity contribution in [2.45, 2.75) is 53.4 Å². The topological polar surface area (TPSA) is 64.6 Å². The standard InChI is InChI=1S/C22H29NO4S/c1-7-15-12-16(21(25)26-8-2)20(28-15)23-19(24)13-27-18-10-9-14(3)11-17(18)22(4,5)6/h9-12H,7-8,13H2,1-6H3,(H,23,24). The van der Waals surface area contributed by atoms with E-state index in [-0.39, 0.29) is 24.5 Å². The number of esters is 1. The lowest BCUT2D eigenvalue weighted by atomic mass is 9.85. The number of thiophene rings is 1. The van der Waals surface area contributed by atoms with Gasteiger partial charge in [-0.1, -0.05) is 45.4 Å². The van der Waals surface area contributed by atoms with Crippen LogP contribution in [0, 0.1) is 6.92 Å². The molecule has 0 radical (unpaired) electrons. The molecular formula is C22H29NO4S. The predicted molar refractivity (Wildman–Crippen MR) is 114 cm³/mol. The summed E-state index contributed by atoms with van der Waals surface area (Å²) in [5.41, 5.74) is 2.49. The smallest absolute Gasteiger partial charge is 0.341 e. The van der Waals surface area contributed by atoms with Gasteiger partial charge in [-0.25, -0.2) is 4.79 Å². The van der Waals surface area contributed by atoms with Crippen LogP contribution in [0.2, 0.25) is 0 Å². The van der Waals surface area contributed by atoms with Gasteiger partial charge in [0.15, 0.2) is 6.61 Å². The highest BCUT2D eigenvalue weighted by Crippen LogP contribution is 2.32. The molecule has 0 aliphatic rings. The van der Waals surface area contributed by atoms with Crippen LogP contribution in [0.25, 0.3) is 0 Å². The number of ether oxygens (including phenoxy) is 2. The van der Waals surface area contributed by atoms with Crippen LogP contribution in [-0.2, 0) is 21.4 Å². The summed E-state index contributed by atoms with van der Waals surface area (Å²) in [6.07, 6.45) is 0.780. The zero-order valence-electron chi connectivity index (χ0n) is 17.5. The molecule has 0 fully saturated rings. The first-order chi connectivity index (χ1) is 13.2. The van der Waals surface area contributed by atoms with Crippen LogP contribution < -0.4 is 10.1 Å². The lowest BCUT2D eigenvalue weighted by Crippen LogP contribution is -2.22. The van der Waals surface area contributed by atoms with Crippen LogP contribution in [0.3, 0.4) is 0 Å². The molecule has 1 N–H and O–H groups in total. The van der Waals surface area contributed by atoms with Crippen LogP contribution in [0.1, 0.15) is 61.0 Å². The van der Waals surface area contributed by atoms with E-state index in [0.717, 1.165) is 22.4 Å². The van der Waals surface area contributed by atoms with Crippen molar-refractivity contribution in [1.82, 2.24) is 0 Å². The lowest BCUT2D eigenvalue weighted by molar-refractivity contribution is -0.118. The number of benzene rings is 1. The Labute approximate surface area is 171 Å². The molecule has 1 aromatic carbocycles. The summed E-state index contributed by atoms with van der Waals surface area (Å²) in [6.45, 7) is 12.3. The summed E-state index contributed by atoms with van der Waals surface area (Å²) < 4.78 is 10.9. The maximum atomic E-state index is 12.5. The van der Waals surface area contributed by atoms with Crippen molar-refractivity contribution < 1.29 is 19.1 Å². The van der Waals surface area contributed by atoms with E-state index in [2.05, 4.69) is 32.2 Å². The molecule has 152 valence electrons. The van der Waals surface area contributed by atoms with E-state index >= 15 is 0 Å². The monoisotopic (exact) mass is 403 g/mol. The van der Waals surface area contributed by atoms with E-state index in [9.17, 15) is 9.59 Å². The molecule has 0 spiro atoms. The Balaban J connectivity index is 2.12. The number of hydrogen-bond donors (Lipinski definition) is 1. The molecule has 2 aromatic rings. The number of nitrogens with one attached hydrogen (secondary N) is 1. The van der Waals surface area contributed by atoms with Crippen molar-refractivity contribution in [2.24, 2.45) is 0 Å². The summed E-state index contributed by atoms with van der Waals surface area (Å²) >= 11 is 1.38. The average Bonchev–Trinajstić information content (AvgIpc) is 3.03. The molecule has 6 heteroatoms. The van der Waals surface area contributed by atoms with Crippen molar-refractivity contribution in [3.63, 3.8) is 0 Å². The highest BCUT2D eigenvalue weighted by Gasteiger charge is 2.21. The number of aryl methyl sites for hydroxylation is 2. The first kappa shape index (κ1) is 22.0. The minimum absolute atomic E-state index is 0.0985. The molecule has 2 rings (SSSR count). The molecule has 0 bridgehead atoms. The Hall–Kier alpha value is -2.34. The fourth-order valence-corrected chi connectivity index (χ4v) is 3.73. The van der Waals surface area contributed by atoms with Gasteiger partial charge in [0.1, 0.15) is 10.8 Å². The zero-order valence-corrected chi connectivity index (χ0v) is 18.3. The van der Waals surface area contributed by atoms with Crippen molar-refractivity contribution in [3.8, 4) is 5.75 Å². The fourth-order valence-electron chi connectivity index (χ4n) is 2.73. The largest absolute Gasteiger partial charge is 0.483 e. The molecule has 1 amide bonds. The molecule has 1 heterocycles. The zero-order chi connectivity index (χ0) is 20.9. The van der Waals surface area contributed by atoms with Crippen molar-refractivity contribution in [2.75, 3.05) is 18.5 Å². The Bertz CT molecular complexity index is 849. The number of rotatable bonds is 7. The molecular weight excluding hydrogens is 374 g/mol. The third-order valence-electron chi connectivity index (χ3n) is 4.18. The van der Waals surface area contributed by atoms with Gasteiger partial charge in [-0.2, -0.15) is 0 Å². The van der Waals surface area contributed by atoms with Crippen LogP contribution in [0.4, 0.5) is 5.00 Å². The minimum Gasteiger partial charge on any atom is -0.483 e. The Morgan fingerprint density at radius 3 is 2.46 bits per heavy atom. The van der Waals surface area contributed by atoms with Crippen LogP contribution in [0.5, 0.6) is 5.75 Å². The average molecular weight is 404 g/mol. The summed E-state index contributed by atoms with van der Waals surface area (Å²) in [5.74, 6) is -0.0435. The van der Waals surface area contributed by atoms with Gasteiger partial charge < -0.3 is 14.8 Å². The van der Waals surface area contributed by atoms with Crippen molar-refractivity contribution in [1.29, 1.82) is 0 Å². The Kier molecular flexibility index (Phi) is 7.24. The van der Waals surface area contributed by atoms with Crippen molar-refractivity contribution >= 4 is 28.2 Å². The number of hydrogen-bond acceptors (Lipinski definition) is 5. The highest BCUT2D eigenvalue weighted by atomic mass is 32.1. The number of amides is 1. The molecule has 0 aliphatic heterocycles. The molecule has 0 aliphatic carbocycles. The number of carbonyl (C=O) groups is 2. The first-order valence-electron chi connectivity index (χ1n) is 9.49. The first-order valence-corrected chi connectivity index (χ1v) is 10.3. The van der Waals surface area contributed by atoms with Crippen LogP contribution in [0.15, 0.2) is 24.3 Å². The maximum absolute atomic E-state index is 12.5. The second-order valence-electron chi connectivity index (χ2n) is 7.62. The van der Waals surface area contributed by atoms with Gasteiger partial charge in [-0.05, 0) is 43.4 Å². The molecule has 0 atom stereocenters. The SMILES string of the molecule is CCOC(=O)c1cc(CC)sc1NC(=O)COc1ccc(C)cc1C(C)(C)C. The van der Waals surface area contributed by atoms with E-state index in [4.69, 9.17) is 9.47 Å². The molecule has 0 saturated carbocycles. The van der Waals surface area contributed by atoms with Gasteiger partial charge in [-0.3, -0.25) is 4.79 Å². The fraction of sp³-hybridized carbons (Fsp3) is 0.455. The minimum atomic E-state index is -0.428. The molecule has 0 saturated heterocycles. The molecule has 1 aromatic heterocycles. The Morgan fingerprint density at radius 1 is 1.14 bits per heavy atom. The number of anilines is 1. The molecule has 0 unspecified atom stereocenters. The third kappa shape index (κ3) is 5.58. The van der Waals surface area contributed by atoms with E-state index < -0.39 is 5.97 Å². The highest BCUT2D eigenvalue weighted by molar-refractivity contribution is 7.16. The normalized spacial score (nSPS) is 11.2. The van der Waals surface area contributed by atoms with E-state index in [1.54, 1.807) is 13.0 Å². The van der Waals surface area contributed by atoms with Gasteiger partial charge >= 0.3 is 5.97 Å². The maximum Gasteiger partial charge on any atom is 0.341 e. The van der Waals surface area contributed by atoms with E-state index in [0.29, 0.717) is 16.3 Å². The van der Waals surface area contributed by atoms with Crippen LogP contribution >= 0.6 is 11.3 Å². The quantitative estimate of drug-likeness (QED) is 0.653. The Morgan fingerprint density at radius 2 is 1.86 bits per heavy atom. The third-order valence-corrected chi connectivity index (χ3v) is 5.38. The lowest BCUT2D eigenvalue weighted by Gasteiger charge is -2.23. The van der Waals surface area contributed by atoms with Gasteiger partial charge in [0.2, 0.25) is 0 Å². The van der Waals surface area contributed by atoms with Gasteiger partial charge in [-0.15, -0.1) is 11.3 Å². The molecule has 5 nitrogen and oxygen atoms in total. The van der Waals surface area contributed by atoms with E-state index in [1.807, 2.05) is 26.0 Å². The number of carbonyl (C=O) groups excluding carboxylic acids is 2. The second kappa shape index (κ2) is 9.24. The summed E-state index contributed by atoms with van der Waals surface area (Å²) in [7, 11) is 0. The second-order valence-corrected chi connectivity index (χ2v) is 8.75.